The van der Waals surface area contributed by atoms with Gasteiger partial charge in [0.05, 0.1) is 5.69 Å². The number of alkyl halides is 3. The van der Waals surface area contributed by atoms with Crippen LogP contribution >= 0.6 is 0 Å². The minimum Gasteiger partial charge on any atom is -0.376 e. The largest absolute Gasteiger partial charge is 0.406 e. The van der Waals surface area contributed by atoms with Crippen molar-refractivity contribution in [1.82, 2.24) is 14.3 Å². The first-order valence-corrected chi connectivity index (χ1v) is 7.76. The third kappa shape index (κ3) is 4.18. The van der Waals surface area contributed by atoms with Gasteiger partial charge in [-0.05, 0) is 32.4 Å². The fourth-order valence-electron chi connectivity index (χ4n) is 2.59. The zero-order valence-electron chi connectivity index (χ0n) is 13.9. The van der Waals surface area contributed by atoms with Gasteiger partial charge in [0.1, 0.15) is 12.2 Å². The molecule has 8 heteroatoms. The Morgan fingerprint density at radius 2 is 2.00 bits per heavy atom. The van der Waals surface area contributed by atoms with E-state index in [9.17, 15) is 18.0 Å². The maximum Gasteiger partial charge on any atom is 0.406 e. The molecule has 0 saturated carbocycles. The summed E-state index contributed by atoms with van der Waals surface area (Å²) < 4.78 is 40.0. The Morgan fingerprint density at radius 3 is 2.62 bits per heavy atom. The first-order valence-electron chi connectivity index (χ1n) is 7.76. The van der Waals surface area contributed by atoms with Crippen LogP contribution in [0, 0.1) is 13.8 Å². The topological polar surface area (TPSA) is 51.9 Å². The van der Waals surface area contributed by atoms with Crippen LogP contribution in [0.3, 0.4) is 0 Å². The predicted molar refractivity (Wildman–Crippen MR) is 86.1 cm³/mol. The summed E-state index contributed by atoms with van der Waals surface area (Å²) in [5.41, 5.74) is 2.25. The minimum atomic E-state index is -4.43. The van der Waals surface area contributed by atoms with Gasteiger partial charge >= 0.3 is 6.18 Å². The summed E-state index contributed by atoms with van der Waals surface area (Å²) in [6.07, 6.45) is -2.34. The predicted octanol–water partition coefficient (Wildman–Crippen LogP) is 3.25. The molecule has 2 aromatic rings. The number of nitrogens with one attached hydrogen (secondary N) is 1. The lowest BCUT2D eigenvalue weighted by Gasteiger charge is -2.12. The zero-order valence-corrected chi connectivity index (χ0v) is 13.9. The highest BCUT2D eigenvalue weighted by atomic mass is 19.4. The van der Waals surface area contributed by atoms with Crippen LogP contribution < -0.4 is 10.9 Å². The molecule has 0 radical (unpaired) electrons. The van der Waals surface area contributed by atoms with E-state index in [0.717, 1.165) is 36.1 Å². The molecule has 0 saturated heterocycles. The molecular weight excluding hydrogens is 321 g/mol. The number of aryl methyl sites for hydroxylation is 2. The third-order valence-electron chi connectivity index (χ3n) is 3.79. The summed E-state index contributed by atoms with van der Waals surface area (Å²) in [5, 5.41) is 7.38. The van der Waals surface area contributed by atoms with Crippen molar-refractivity contribution in [3.63, 3.8) is 0 Å². The van der Waals surface area contributed by atoms with E-state index in [2.05, 4.69) is 17.3 Å². The number of pyridine rings is 1. The van der Waals surface area contributed by atoms with Crippen molar-refractivity contribution in [1.29, 1.82) is 0 Å². The van der Waals surface area contributed by atoms with Crippen LogP contribution in [-0.4, -0.2) is 20.5 Å². The van der Waals surface area contributed by atoms with Crippen LogP contribution in [0.25, 0.3) is 0 Å². The minimum absolute atomic E-state index is 0.142. The SMILES string of the molecule is CCCn1nc(C)c(CNc2cccn(CC(F)(F)F)c2=O)c1C. The van der Waals surface area contributed by atoms with Gasteiger partial charge in [-0.3, -0.25) is 9.48 Å². The second-order valence-corrected chi connectivity index (χ2v) is 5.70. The van der Waals surface area contributed by atoms with Crippen molar-refractivity contribution in [2.45, 2.75) is 53.0 Å². The first-order chi connectivity index (χ1) is 11.2. The van der Waals surface area contributed by atoms with Crippen LogP contribution in [0.4, 0.5) is 18.9 Å². The lowest BCUT2D eigenvalue weighted by Crippen LogP contribution is -2.29. The Hall–Kier alpha value is -2.25. The molecule has 2 aromatic heterocycles. The van der Waals surface area contributed by atoms with E-state index >= 15 is 0 Å². The molecule has 2 heterocycles. The van der Waals surface area contributed by atoms with Crippen LogP contribution in [0.15, 0.2) is 23.1 Å². The molecule has 0 bridgehead atoms. The number of hydrogen-bond acceptors (Lipinski definition) is 3. The molecule has 0 fully saturated rings. The van der Waals surface area contributed by atoms with Gasteiger partial charge in [-0.15, -0.1) is 0 Å². The van der Waals surface area contributed by atoms with Gasteiger partial charge in [-0.25, -0.2) is 0 Å². The molecule has 0 aliphatic rings. The molecule has 0 aromatic carbocycles. The lowest BCUT2D eigenvalue weighted by molar-refractivity contribution is -0.141. The summed E-state index contributed by atoms with van der Waals surface area (Å²) in [7, 11) is 0. The van der Waals surface area contributed by atoms with Crippen LogP contribution in [0.1, 0.15) is 30.3 Å². The second-order valence-electron chi connectivity index (χ2n) is 5.70. The Bertz CT molecular complexity index is 762. The lowest BCUT2D eigenvalue weighted by atomic mass is 10.2. The van der Waals surface area contributed by atoms with Gasteiger partial charge in [0.2, 0.25) is 0 Å². The molecule has 2 rings (SSSR count). The van der Waals surface area contributed by atoms with Gasteiger partial charge in [0, 0.05) is 30.5 Å². The Morgan fingerprint density at radius 1 is 1.29 bits per heavy atom. The van der Waals surface area contributed by atoms with Gasteiger partial charge in [-0.2, -0.15) is 18.3 Å². The second kappa shape index (κ2) is 7.11. The average Bonchev–Trinajstić information content (AvgIpc) is 2.74. The summed E-state index contributed by atoms with van der Waals surface area (Å²) in [6, 6.07) is 2.91. The summed E-state index contributed by atoms with van der Waals surface area (Å²) in [4.78, 5) is 12.1. The molecule has 0 atom stereocenters. The highest BCUT2D eigenvalue weighted by Crippen LogP contribution is 2.17. The van der Waals surface area contributed by atoms with E-state index < -0.39 is 18.3 Å². The number of halogens is 3. The molecule has 0 spiro atoms. The molecule has 0 aliphatic carbocycles. The van der Waals surface area contributed by atoms with Crippen molar-refractivity contribution in [2.75, 3.05) is 5.32 Å². The number of rotatable bonds is 6. The van der Waals surface area contributed by atoms with E-state index in [0.29, 0.717) is 11.1 Å². The molecule has 1 N–H and O–H groups in total. The molecule has 0 unspecified atom stereocenters. The highest BCUT2D eigenvalue weighted by Gasteiger charge is 2.28. The number of anilines is 1. The van der Waals surface area contributed by atoms with Crippen molar-refractivity contribution in [2.24, 2.45) is 0 Å². The smallest absolute Gasteiger partial charge is 0.376 e. The van der Waals surface area contributed by atoms with Crippen LogP contribution in [-0.2, 0) is 19.6 Å². The van der Waals surface area contributed by atoms with E-state index in [1.807, 2.05) is 18.5 Å². The van der Waals surface area contributed by atoms with Crippen LogP contribution in [0.5, 0.6) is 0 Å². The molecule has 5 nitrogen and oxygen atoms in total. The van der Waals surface area contributed by atoms with Gasteiger partial charge in [0.15, 0.2) is 0 Å². The maximum absolute atomic E-state index is 12.5. The number of aromatic nitrogens is 3. The van der Waals surface area contributed by atoms with Gasteiger partial charge in [0.25, 0.3) is 5.56 Å². The van der Waals surface area contributed by atoms with E-state index in [1.165, 1.54) is 12.1 Å². The van der Waals surface area contributed by atoms with Gasteiger partial charge < -0.3 is 9.88 Å². The third-order valence-corrected chi connectivity index (χ3v) is 3.79. The monoisotopic (exact) mass is 342 g/mol. The average molecular weight is 342 g/mol. The maximum atomic E-state index is 12.5. The summed E-state index contributed by atoms with van der Waals surface area (Å²) >= 11 is 0. The Balaban J connectivity index is 2.19. The first kappa shape index (κ1) is 18.1. The summed E-state index contributed by atoms with van der Waals surface area (Å²) in [6.45, 7) is 5.72. The molecule has 0 aliphatic heterocycles. The zero-order chi connectivity index (χ0) is 17.9. The Kier molecular flexibility index (Phi) is 5.36. The van der Waals surface area contributed by atoms with Crippen molar-refractivity contribution >= 4 is 5.69 Å². The van der Waals surface area contributed by atoms with Crippen molar-refractivity contribution in [3.8, 4) is 0 Å². The van der Waals surface area contributed by atoms with Gasteiger partial charge in [-0.1, -0.05) is 6.92 Å². The Labute approximate surface area is 138 Å². The molecule has 132 valence electrons. The van der Waals surface area contributed by atoms with Crippen molar-refractivity contribution in [3.05, 3.63) is 45.6 Å². The number of nitrogens with zero attached hydrogens (tertiary/aromatic N) is 3. The van der Waals surface area contributed by atoms with E-state index in [-0.39, 0.29) is 5.69 Å². The summed E-state index contributed by atoms with van der Waals surface area (Å²) in [5.74, 6) is 0. The molecule has 0 amide bonds. The highest BCUT2D eigenvalue weighted by molar-refractivity contribution is 5.42. The number of hydrogen-bond donors (Lipinski definition) is 1. The fourth-order valence-corrected chi connectivity index (χ4v) is 2.59. The fraction of sp³-hybridized carbons (Fsp3) is 0.500. The van der Waals surface area contributed by atoms with Crippen molar-refractivity contribution < 1.29 is 13.2 Å². The normalized spacial score (nSPS) is 11.8. The standard InChI is InChI=1S/C16H21F3N4O/c1-4-7-23-12(3)13(11(2)21-23)9-20-14-6-5-8-22(15(14)24)10-16(17,18)19/h5-6,8,20H,4,7,9-10H2,1-3H3. The molecule has 24 heavy (non-hydrogen) atoms. The van der Waals surface area contributed by atoms with E-state index in [4.69, 9.17) is 0 Å². The van der Waals surface area contributed by atoms with E-state index in [1.54, 1.807) is 0 Å². The molecular formula is C16H21F3N4O. The van der Waals surface area contributed by atoms with Crippen LogP contribution in [0.2, 0.25) is 0 Å². The quantitative estimate of drug-likeness (QED) is 0.877.